The molecule has 1 saturated heterocycles. The third-order valence-corrected chi connectivity index (χ3v) is 5.40. The van der Waals surface area contributed by atoms with Crippen molar-refractivity contribution in [2.75, 3.05) is 13.1 Å². The zero-order valence-electron chi connectivity index (χ0n) is 9.97. The number of nitrogens with zero attached hydrogens (tertiary/aromatic N) is 1. The Labute approximate surface area is 112 Å². The Morgan fingerprint density at radius 2 is 1.89 bits per heavy atom. The number of halogens is 1. The monoisotopic (exact) mass is 289 g/mol. The van der Waals surface area contributed by atoms with Crippen LogP contribution in [0.15, 0.2) is 23.1 Å². The van der Waals surface area contributed by atoms with Gasteiger partial charge in [-0.25, -0.2) is 8.42 Å². The number of hydrogen-bond acceptors (Lipinski definition) is 3. The van der Waals surface area contributed by atoms with Crippen LogP contribution in [0.5, 0.6) is 0 Å². The summed E-state index contributed by atoms with van der Waals surface area (Å²) in [7, 11) is -3.45. The minimum Gasteiger partial charge on any atom is -0.392 e. The van der Waals surface area contributed by atoms with Crippen molar-refractivity contribution < 1.29 is 13.5 Å². The van der Waals surface area contributed by atoms with Gasteiger partial charge in [0.2, 0.25) is 10.0 Å². The summed E-state index contributed by atoms with van der Waals surface area (Å²) in [4.78, 5) is 0.206. The Balaban J connectivity index is 2.34. The first-order valence-electron chi connectivity index (χ1n) is 5.95. The summed E-state index contributed by atoms with van der Waals surface area (Å²) in [6.45, 7) is 0.876. The van der Waals surface area contributed by atoms with Gasteiger partial charge < -0.3 is 5.11 Å². The van der Waals surface area contributed by atoms with E-state index in [0.29, 0.717) is 23.7 Å². The molecule has 0 atom stereocenters. The van der Waals surface area contributed by atoms with E-state index in [-0.39, 0.29) is 11.5 Å². The Hall–Kier alpha value is -0.620. The molecule has 0 radical (unpaired) electrons. The highest BCUT2D eigenvalue weighted by atomic mass is 35.5. The standard InChI is InChI=1S/C12H16ClNO3S/c13-12-5-4-11(8-10(12)9-15)18(16,17)14-6-2-1-3-7-14/h4-5,8,15H,1-3,6-7,9H2. The molecule has 0 spiro atoms. The highest BCUT2D eigenvalue weighted by Crippen LogP contribution is 2.24. The number of sulfonamides is 1. The molecule has 0 aromatic heterocycles. The molecular formula is C12H16ClNO3S. The summed E-state index contributed by atoms with van der Waals surface area (Å²) in [5, 5.41) is 9.51. The highest BCUT2D eigenvalue weighted by molar-refractivity contribution is 7.89. The average molecular weight is 290 g/mol. The lowest BCUT2D eigenvalue weighted by atomic mass is 10.2. The van der Waals surface area contributed by atoms with E-state index in [1.54, 1.807) is 0 Å². The quantitative estimate of drug-likeness (QED) is 0.926. The molecule has 0 aliphatic carbocycles. The van der Waals surface area contributed by atoms with Crippen molar-refractivity contribution >= 4 is 21.6 Å². The molecule has 1 aromatic rings. The molecule has 0 saturated carbocycles. The summed E-state index contributed by atoms with van der Waals surface area (Å²) in [5.41, 5.74) is 0.440. The minimum atomic E-state index is -3.45. The van der Waals surface area contributed by atoms with Crippen molar-refractivity contribution in [3.8, 4) is 0 Å². The first-order chi connectivity index (χ1) is 8.55. The van der Waals surface area contributed by atoms with Crippen molar-refractivity contribution in [2.45, 2.75) is 30.8 Å². The second-order valence-corrected chi connectivity index (χ2v) is 6.72. The van der Waals surface area contributed by atoms with Crippen molar-refractivity contribution in [3.63, 3.8) is 0 Å². The van der Waals surface area contributed by atoms with Crippen molar-refractivity contribution in [3.05, 3.63) is 28.8 Å². The van der Waals surface area contributed by atoms with Gasteiger partial charge in [-0.15, -0.1) is 0 Å². The topological polar surface area (TPSA) is 57.6 Å². The zero-order chi connectivity index (χ0) is 13.2. The fraction of sp³-hybridized carbons (Fsp3) is 0.500. The number of hydrogen-bond donors (Lipinski definition) is 1. The van der Waals surface area contributed by atoms with E-state index in [1.807, 2.05) is 0 Å². The molecule has 1 aliphatic rings. The van der Waals surface area contributed by atoms with E-state index in [4.69, 9.17) is 16.7 Å². The Morgan fingerprint density at radius 3 is 2.50 bits per heavy atom. The number of rotatable bonds is 3. The van der Waals surface area contributed by atoms with E-state index < -0.39 is 10.0 Å². The van der Waals surface area contributed by atoms with Gasteiger partial charge in [0.1, 0.15) is 0 Å². The molecule has 0 unspecified atom stereocenters. The maximum absolute atomic E-state index is 12.4. The van der Waals surface area contributed by atoms with Crippen LogP contribution in [0.2, 0.25) is 5.02 Å². The van der Waals surface area contributed by atoms with Gasteiger partial charge in [0.25, 0.3) is 0 Å². The summed E-state index contributed by atoms with van der Waals surface area (Å²) in [6, 6.07) is 4.46. The molecule has 1 heterocycles. The van der Waals surface area contributed by atoms with Crippen molar-refractivity contribution in [1.29, 1.82) is 0 Å². The molecule has 1 N–H and O–H groups in total. The molecule has 4 nitrogen and oxygen atoms in total. The predicted molar refractivity (Wildman–Crippen MR) is 70.0 cm³/mol. The van der Waals surface area contributed by atoms with Crippen LogP contribution in [0.1, 0.15) is 24.8 Å². The van der Waals surface area contributed by atoms with Crippen molar-refractivity contribution in [1.82, 2.24) is 4.31 Å². The van der Waals surface area contributed by atoms with Crippen LogP contribution in [0.25, 0.3) is 0 Å². The maximum atomic E-state index is 12.4. The van der Waals surface area contributed by atoms with E-state index >= 15 is 0 Å². The molecule has 0 amide bonds. The van der Waals surface area contributed by atoms with Crippen LogP contribution in [0.3, 0.4) is 0 Å². The molecule has 1 fully saturated rings. The van der Waals surface area contributed by atoms with Gasteiger partial charge >= 0.3 is 0 Å². The highest BCUT2D eigenvalue weighted by Gasteiger charge is 2.26. The Kier molecular flexibility index (Phi) is 4.27. The fourth-order valence-electron chi connectivity index (χ4n) is 2.09. The normalized spacial score (nSPS) is 17.9. The lowest BCUT2D eigenvalue weighted by Crippen LogP contribution is -2.35. The van der Waals surface area contributed by atoms with Gasteiger partial charge in [0, 0.05) is 18.1 Å². The zero-order valence-corrected chi connectivity index (χ0v) is 11.5. The lowest BCUT2D eigenvalue weighted by Gasteiger charge is -2.26. The smallest absolute Gasteiger partial charge is 0.243 e. The average Bonchev–Trinajstić information content (AvgIpc) is 2.40. The van der Waals surface area contributed by atoms with Crippen molar-refractivity contribution in [2.24, 2.45) is 0 Å². The van der Waals surface area contributed by atoms with Gasteiger partial charge in [-0.05, 0) is 36.6 Å². The molecule has 0 bridgehead atoms. The molecule has 100 valence electrons. The minimum absolute atomic E-state index is 0.206. The van der Waals surface area contributed by atoms with Crippen LogP contribution >= 0.6 is 11.6 Å². The van der Waals surface area contributed by atoms with Crippen LogP contribution in [-0.2, 0) is 16.6 Å². The van der Waals surface area contributed by atoms with Crippen LogP contribution in [0, 0.1) is 0 Å². The second-order valence-electron chi connectivity index (χ2n) is 4.38. The Morgan fingerprint density at radius 1 is 1.22 bits per heavy atom. The fourth-order valence-corrected chi connectivity index (χ4v) is 3.83. The van der Waals surface area contributed by atoms with Crippen LogP contribution < -0.4 is 0 Å². The Bertz CT molecular complexity index is 524. The number of aliphatic hydroxyl groups is 1. The van der Waals surface area contributed by atoms with E-state index in [0.717, 1.165) is 19.3 Å². The van der Waals surface area contributed by atoms with Crippen LogP contribution in [0.4, 0.5) is 0 Å². The molecule has 1 aliphatic heterocycles. The number of benzene rings is 1. The van der Waals surface area contributed by atoms with Gasteiger partial charge in [-0.1, -0.05) is 18.0 Å². The molecule has 18 heavy (non-hydrogen) atoms. The SMILES string of the molecule is O=S(=O)(c1ccc(Cl)c(CO)c1)N1CCCCC1. The molecule has 6 heteroatoms. The second kappa shape index (κ2) is 5.57. The molecule has 2 rings (SSSR count). The summed E-state index contributed by atoms with van der Waals surface area (Å²) >= 11 is 5.86. The first-order valence-corrected chi connectivity index (χ1v) is 7.77. The predicted octanol–water partition coefficient (Wildman–Crippen LogP) is 2.01. The van der Waals surface area contributed by atoms with Gasteiger partial charge in [-0.3, -0.25) is 0 Å². The first kappa shape index (κ1) is 13.8. The molecule has 1 aromatic carbocycles. The maximum Gasteiger partial charge on any atom is 0.243 e. The largest absolute Gasteiger partial charge is 0.392 e. The number of piperidine rings is 1. The van der Waals surface area contributed by atoms with Crippen LogP contribution in [-0.4, -0.2) is 30.9 Å². The lowest BCUT2D eigenvalue weighted by molar-refractivity contribution is 0.281. The van der Waals surface area contributed by atoms with Gasteiger partial charge in [-0.2, -0.15) is 4.31 Å². The van der Waals surface area contributed by atoms with Gasteiger partial charge in [0.15, 0.2) is 0 Å². The van der Waals surface area contributed by atoms with Gasteiger partial charge in [0.05, 0.1) is 11.5 Å². The third-order valence-electron chi connectivity index (χ3n) is 3.14. The number of aliphatic hydroxyl groups excluding tert-OH is 1. The summed E-state index contributed by atoms with van der Waals surface area (Å²) in [5.74, 6) is 0. The summed E-state index contributed by atoms with van der Waals surface area (Å²) < 4.78 is 26.2. The van der Waals surface area contributed by atoms with E-state index in [9.17, 15) is 8.42 Å². The van der Waals surface area contributed by atoms with E-state index in [1.165, 1.54) is 22.5 Å². The third kappa shape index (κ3) is 2.69. The molecular weight excluding hydrogens is 274 g/mol. The van der Waals surface area contributed by atoms with E-state index in [2.05, 4.69) is 0 Å². The summed E-state index contributed by atoms with van der Waals surface area (Å²) in [6.07, 6.45) is 2.88.